The van der Waals surface area contributed by atoms with Crippen LogP contribution in [0.2, 0.25) is 0 Å². The molecule has 2 fully saturated rings. The molecule has 1 aromatic heterocycles. The number of piperidine rings is 1. The van der Waals surface area contributed by atoms with Crippen LogP contribution in [0.5, 0.6) is 0 Å². The number of aliphatic hydroxyl groups is 1. The van der Waals surface area contributed by atoms with Crippen molar-refractivity contribution in [2.24, 2.45) is 17.8 Å². The normalized spacial score (nSPS) is 18.9. The highest BCUT2D eigenvalue weighted by atomic mass is 19.1. The van der Waals surface area contributed by atoms with Crippen LogP contribution >= 0.6 is 0 Å². The highest BCUT2D eigenvalue weighted by Gasteiger charge is 2.35. The monoisotopic (exact) mass is 545 g/mol. The van der Waals surface area contributed by atoms with Gasteiger partial charge in [-0.1, -0.05) is 30.3 Å². The van der Waals surface area contributed by atoms with E-state index in [1.54, 1.807) is 11.0 Å². The Kier molecular flexibility index (Phi) is 7.16. The lowest BCUT2D eigenvalue weighted by Crippen LogP contribution is -2.50. The Morgan fingerprint density at radius 3 is 2.55 bits per heavy atom. The summed E-state index contributed by atoms with van der Waals surface area (Å²) in [4.78, 5) is 22.6. The van der Waals surface area contributed by atoms with E-state index in [1.807, 2.05) is 53.3 Å². The van der Waals surface area contributed by atoms with E-state index >= 15 is 0 Å². The second-order valence-corrected chi connectivity index (χ2v) is 11.2. The van der Waals surface area contributed by atoms with E-state index in [0.29, 0.717) is 76.3 Å². The maximum atomic E-state index is 14.9. The first-order valence-corrected chi connectivity index (χ1v) is 14.0. The molecule has 1 amide bonds. The van der Waals surface area contributed by atoms with E-state index in [4.69, 9.17) is 15.8 Å². The summed E-state index contributed by atoms with van der Waals surface area (Å²) in [5.41, 5.74) is 11.0. The number of nitrogens with zero attached hydrogens (tertiary/aromatic N) is 6. The molecule has 0 unspecified atom stereocenters. The van der Waals surface area contributed by atoms with Gasteiger partial charge < -0.3 is 20.6 Å². The van der Waals surface area contributed by atoms with Crippen LogP contribution in [-0.2, 0) is 31.5 Å². The smallest absolute Gasteiger partial charge is 0.227 e. The molecule has 0 aliphatic carbocycles. The molecule has 3 aliphatic rings. The molecule has 4 heterocycles. The van der Waals surface area contributed by atoms with E-state index in [9.17, 15) is 14.3 Å². The third-order valence-electron chi connectivity index (χ3n) is 8.36. The molecule has 40 heavy (non-hydrogen) atoms. The fourth-order valence-electron chi connectivity index (χ4n) is 6.06. The quantitative estimate of drug-likeness (QED) is 0.472. The van der Waals surface area contributed by atoms with Crippen molar-refractivity contribution >= 4 is 23.6 Å². The molecule has 0 bridgehead atoms. The number of β-amino-alcohol motifs (C(OH)–C–C–N with tert-alkyl or cyclic N) is 1. The number of benzene rings is 2. The number of amides is 1. The number of carbonyl (C=O) groups is 1. The Morgan fingerprint density at radius 2 is 1.88 bits per heavy atom. The zero-order chi connectivity index (χ0) is 27.9. The molecule has 0 saturated carbocycles. The molecule has 3 aromatic rings. The molecule has 0 spiro atoms. The average Bonchev–Trinajstić information content (AvgIpc) is 3.52. The van der Waals surface area contributed by atoms with Crippen molar-refractivity contribution in [2.45, 2.75) is 50.9 Å². The maximum Gasteiger partial charge on any atom is 0.227 e. The summed E-state index contributed by atoms with van der Waals surface area (Å²) in [6.07, 6.45) is 4.34. The van der Waals surface area contributed by atoms with E-state index in [-0.39, 0.29) is 11.7 Å². The number of hydrogen-bond acceptors (Lipinski definition) is 7. The van der Waals surface area contributed by atoms with Crippen molar-refractivity contribution in [1.29, 1.82) is 0 Å². The minimum atomic E-state index is -0.853. The van der Waals surface area contributed by atoms with Crippen LogP contribution in [0.15, 0.2) is 47.5 Å². The number of aliphatic imine (C=N–C) groups is 1. The topological polar surface area (TPSA) is 103 Å². The Labute approximate surface area is 233 Å². The Morgan fingerprint density at radius 1 is 1.10 bits per heavy atom. The van der Waals surface area contributed by atoms with E-state index in [2.05, 4.69) is 4.90 Å². The Balaban J connectivity index is 1.06. The number of carbonyl (C=O) groups excluding carboxylic acids is 1. The van der Waals surface area contributed by atoms with Crippen molar-refractivity contribution in [3.05, 3.63) is 65.1 Å². The highest BCUT2D eigenvalue weighted by molar-refractivity contribution is 5.95. The van der Waals surface area contributed by atoms with Gasteiger partial charge in [0.1, 0.15) is 17.2 Å². The first-order chi connectivity index (χ1) is 19.3. The van der Waals surface area contributed by atoms with Gasteiger partial charge in [0.2, 0.25) is 5.91 Å². The number of aryl methyl sites for hydroxylation is 1. The average molecular weight is 546 g/mol. The van der Waals surface area contributed by atoms with Crippen LogP contribution in [0.4, 0.5) is 15.8 Å². The highest BCUT2D eigenvalue weighted by Crippen LogP contribution is 2.36. The van der Waals surface area contributed by atoms with Gasteiger partial charge in [0.25, 0.3) is 0 Å². The molecule has 3 N–H and O–H groups in total. The number of anilines is 1. The minimum Gasteiger partial charge on any atom is -0.388 e. The van der Waals surface area contributed by atoms with Crippen LogP contribution in [-0.4, -0.2) is 68.7 Å². The summed E-state index contributed by atoms with van der Waals surface area (Å²) in [5, 5.41) is 16.1. The molecule has 210 valence electrons. The summed E-state index contributed by atoms with van der Waals surface area (Å²) < 4.78 is 16.8. The minimum absolute atomic E-state index is 0.0542. The van der Waals surface area contributed by atoms with Crippen molar-refractivity contribution in [3.8, 4) is 11.3 Å². The number of fused-ring (bicyclic) bond motifs is 1. The standard InChI is InChI=1S/C30H36FN7O2/c1-35-29(22-6-4-21(16-32)5-7-22)28-26(34-35)18-37(20-33-28)19-30(40)10-13-36(14-11-30)17-23-8-9-24(15-25(23)31)38-12-2-3-27(38)39/h4-9,15,20,40H,2-3,10-14,16-19,32H2,1H3. The van der Waals surface area contributed by atoms with Gasteiger partial charge >= 0.3 is 0 Å². The van der Waals surface area contributed by atoms with Gasteiger partial charge in [-0.3, -0.25) is 14.4 Å². The lowest BCUT2D eigenvalue weighted by molar-refractivity contribution is -0.117. The number of hydrogen-bond donors (Lipinski definition) is 2. The molecular formula is C30H36FN7O2. The Bertz CT molecular complexity index is 1430. The SMILES string of the molecule is Cn1nc2c(c1-c1ccc(CN)cc1)N=CN(CC1(O)CCN(Cc3ccc(N4CCCC4=O)cc3F)CC1)C2. The van der Waals surface area contributed by atoms with Crippen LogP contribution in [0.25, 0.3) is 11.3 Å². The third-order valence-corrected chi connectivity index (χ3v) is 8.36. The fourth-order valence-corrected chi connectivity index (χ4v) is 6.06. The largest absolute Gasteiger partial charge is 0.388 e. The van der Waals surface area contributed by atoms with Crippen LogP contribution < -0.4 is 10.6 Å². The number of halogens is 1. The number of likely N-dealkylation sites (tertiary alicyclic amines) is 1. The lowest BCUT2D eigenvalue weighted by Gasteiger charge is -2.41. The fraction of sp³-hybridized carbons (Fsp3) is 0.433. The first kappa shape index (κ1) is 26.6. The molecule has 6 rings (SSSR count). The van der Waals surface area contributed by atoms with E-state index in [0.717, 1.165) is 34.6 Å². The molecule has 0 radical (unpaired) electrons. The molecule has 9 nitrogen and oxygen atoms in total. The predicted molar refractivity (Wildman–Crippen MR) is 153 cm³/mol. The van der Waals surface area contributed by atoms with Crippen LogP contribution in [0.1, 0.15) is 42.5 Å². The zero-order valence-corrected chi connectivity index (χ0v) is 22.9. The molecule has 2 saturated heterocycles. The number of aromatic nitrogens is 2. The maximum absolute atomic E-state index is 14.9. The van der Waals surface area contributed by atoms with E-state index in [1.165, 1.54) is 6.07 Å². The van der Waals surface area contributed by atoms with Crippen LogP contribution in [0, 0.1) is 5.82 Å². The molecular weight excluding hydrogens is 509 g/mol. The second kappa shape index (κ2) is 10.8. The van der Waals surface area contributed by atoms with Crippen LogP contribution in [0.3, 0.4) is 0 Å². The predicted octanol–water partition coefficient (Wildman–Crippen LogP) is 3.31. The van der Waals surface area contributed by atoms with Crippen molar-refractivity contribution < 1.29 is 14.3 Å². The van der Waals surface area contributed by atoms with Crippen molar-refractivity contribution in [1.82, 2.24) is 19.6 Å². The van der Waals surface area contributed by atoms with Gasteiger partial charge in [-0.25, -0.2) is 9.38 Å². The molecule has 2 aromatic carbocycles. The number of rotatable bonds is 7. The summed E-state index contributed by atoms with van der Waals surface area (Å²) in [5.74, 6) is -0.234. The van der Waals surface area contributed by atoms with Gasteiger partial charge in [0, 0.05) is 69.6 Å². The first-order valence-electron chi connectivity index (χ1n) is 14.0. The van der Waals surface area contributed by atoms with E-state index < -0.39 is 5.60 Å². The van der Waals surface area contributed by atoms with Gasteiger partial charge in [0.15, 0.2) is 0 Å². The zero-order valence-electron chi connectivity index (χ0n) is 22.9. The summed E-state index contributed by atoms with van der Waals surface area (Å²) in [7, 11) is 1.93. The summed E-state index contributed by atoms with van der Waals surface area (Å²) in [6.45, 7) is 4.02. The molecule has 0 atom stereocenters. The summed E-state index contributed by atoms with van der Waals surface area (Å²) >= 11 is 0. The van der Waals surface area contributed by atoms with Gasteiger partial charge in [-0.2, -0.15) is 5.10 Å². The Hall–Kier alpha value is -3.60. The van der Waals surface area contributed by atoms with Gasteiger partial charge in [0.05, 0.1) is 24.2 Å². The van der Waals surface area contributed by atoms with Crippen molar-refractivity contribution in [2.75, 3.05) is 31.1 Å². The lowest BCUT2D eigenvalue weighted by atomic mass is 9.90. The number of nitrogens with two attached hydrogens (primary N) is 1. The third kappa shape index (κ3) is 5.26. The summed E-state index contributed by atoms with van der Waals surface area (Å²) in [6, 6.07) is 13.2. The van der Waals surface area contributed by atoms with Crippen molar-refractivity contribution in [3.63, 3.8) is 0 Å². The molecule has 3 aliphatic heterocycles. The molecule has 10 heteroatoms. The van der Waals surface area contributed by atoms with Gasteiger partial charge in [-0.05, 0) is 37.0 Å². The van der Waals surface area contributed by atoms with Gasteiger partial charge in [-0.15, -0.1) is 0 Å². The second-order valence-electron chi connectivity index (χ2n) is 11.2.